The van der Waals surface area contributed by atoms with Crippen LogP contribution < -0.4 is 4.90 Å². The van der Waals surface area contributed by atoms with Crippen molar-refractivity contribution >= 4 is 17.1 Å². The molecule has 0 unspecified atom stereocenters. The molecule has 1 spiro atoms. The third-order valence-corrected chi connectivity index (χ3v) is 10.3. The maximum absolute atomic E-state index is 2.51. The van der Waals surface area contributed by atoms with Gasteiger partial charge in [-0.15, -0.1) is 0 Å². The molecule has 7 aromatic rings. The molecule has 2 aliphatic carbocycles. The zero-order chi connectivity index (χ0) is 31.2. The van der Waals surface area contributed by atoms with Crippen molar-refractivity contribution in [1.82, 2.24) is 0 Å². The monoisotopic (exact) mass is 601 g/mol. The SMILES string of the molecule is c1ccc(-c2ccc(N(c3cccc(-c4ccccc4)c3)c3ccc4c(c3)C3(CCC4)c4ccccc4-c4ccccc43)cc2)cc1. The molecule has 0 N–H and O–H groups in total. The third-order valence-electron chi connectivity index (χ3n) is 10.3. The predicted octanol–water partition coefficient (Wildman–Crippen LogP) is 12.1. The van der Waals surface area contributed by atoms with Crippen molar-refractivity contribution in [3.05, 3.63) is 198 Å². The van der Waals surface area contributed by atoms with E-state index < -0.39 is 0 Å². The van der Waals surface area contributed by atoms with Gasteiger partial charge < -0.3 is 4.90 Å². The van der Waals surface area contributed by atoms with Crippen molar-refractivity contribution in [3.8, 4) is 33.4 Å². The molecule has 47 heavy (non-hydrogen) atoms. The second-order valence-corrected chi connectivity index (χ2v) is 12.9. The van der Waals surface area contributed by atoms with Crippen molar-refractivity contribution in [3.63, 3.8) is 0 Å². The molecule has 0 aliphatic heterocycles. The van der Waals surface area contributed by atoms with E-state index >= 15 is 0 Å². The van der Waals surface area contributed by atoms with Crippen LogP contribution in [0.15, 0.2) is 176 Å². The molecule has 0 atom stereocenters. The van der Waals surface area contributed by atoms with Crippen LogP contribution in [0.5, 0.6) is 0 Å². The van der Waals surface area contributed by atoms with Gasteiger partial charge in [0, 0.05) is 22.5 Å². The summed E-state index contributed by atoms with van der Waals surface area (Å²) in [4.78, 5) is 2.44. The Labute approximate surface area is 277 Å². The summed E-state index contributed by atoms with van der Waals surface area (Å²) in [7, 11) is 0. The van der Waals surface area contributed by atoms with Crippen LogP contribution in [0.25, 0.3) is 33.4 Å². The average molecular weight is 602 g/mol. The fourth-order valence-corrected chi connectivity index (χ4v) is 8.22. The van der Waals surface area contributed by atoms with E-state index in [0.717, 1.165) is 24.2 Å². The number of fused-ring (bicyclic) bond motifs is 7. The van der Waals surface area contributed by atoms with Gasteiger partial charge in [-0.3, -0.25) is 0 Å². The second kappa shape index (κ2) is 11.3. The highest BCUT2D eigenvalue weighted by atomic mass is 15.1. The van der Waals surface area contributed by atoms with Gasteiger partial charge in [0.25, 0.3) is 0 Å². The Morgan fingerprint density at radius 2 is 0.915 bits per heavy atom. The van der Waals surface area contributed by atoms with E-state index in [2.05, 4.69) is 181 Å². The largest absolute Gasteiger partial charge is 0.310 e. The number of anilines is 3. The Balaban J connectivity index is 1.24. The fraction of sp³-hybridized carbons (Fsp3) is 0.0870. The van der Waals surface area contributed by atoms with E-state index in [4.69, 9.17) is 0 Å². The molecule has 0 radical (unpaired) electrons. The highest BCUT2D eigenvalue weighted by molar-refractivity contribution is 5.86. The molecule has 1 nitrogen and oxygen atoms in total. The van der Waals surface area contributed by atoms with Crippen LogP contribution in [-0.2, 0) is 11.8 Å². The minimum Gasteiger partial charge on any atom is -0.310 e. The lowest BCUT2D eigenvalue weighted by molar-refractivity contribution is 0.507. The zero-order valence-corrected chi connectivity index (χ0v) is 26.3. The smallest absolute Gasteiger partial charge is 0.0467 e. The summed E-state index contributed by atoms with van der Waals surface area (Å²) in [6.07, 6.45) is 3.41. The van der Waals surface area contributed by atoms with Crippen LogP contribution in [0.3, 0.4) is 0 Å². The Kier molecular flexibility index (Phi) is 6.64. The van der Waals surface area contributed by atoms with Crippen LogP contribution in [0.4, 0.5) is 17.1 Å². The van der Waals surface area contributed by atoms with Gasteiger partial charge in [0.15, 0.2) is 0 Å². The lowest BCUT2D eigenvalue weighted by atomic mass is 9.64. The van der Waals surface area contributed by atoms with Crippen molar-refractivity contribution in [2.75, 3.05) is 4.90 Å². The molecule has 0 amide bonds. The topological polar surface area (TPSA) is 3.24 Å². The van der Waals surface area contributed by atoms with E-state index in [1.165, 1.54) is 67.7 Å². The maximum atomic E-state index is 2.51. The van der Waals surface area contributed by atoms with E-state index in [0.29, 0.717) is 0 Å². The number of nitrogens with zero attached hydrogens (tertiary/aromatic N) is 1. The quantitative estimate of drug-likeness (QED) is 0.190. The summed E-state index contributed by atoms with van der Waals surface area (Å²) in [6.45, 7) is 0. The van der Waals surface area contributed by atoms with Gasteiger partial charge in [-0.05, 0) is 111 Å². The van der Waals surface area contributed by atoms with Crippen molar-refractivity contribution < 1.29 is 0 Å². The standard InChI is InChI=1S/C46H35N/c1-3-13-33(14-4-1)35-24-27-38(28-25-35)47(39-19-11-17-37(31-39)34-15-5-2-6-16-34)40-29-26-36-18-12-30-46(45(36)32-40)43-22-9-7-20-41(43)42-21-8-10-23-44(42)46/h1-11,13-17,19-29,31-32H,12,18,30H2. The van der Waals surface area contributed by atoms with Gasteiger partial charge in [0.1, 0.15) is 0 Å². The van der Waals surface area contributed by atoms with Gasteiger partial charge in [-0.25, -0.2) is 0 Å². The minimum absolute atomic E-state index is 0.147. The van der Waals surface area contributed by atoms with Gasteiger partial charge in [0.05, 0.1) is 0 Å². The highest BCUT2D eigenvalue weighted by Gasteiger charge is 2.46. The molecule has 7 aromatic carbocycles. The fourth-order valence-electron chi connectivity index (χ4n) is 8.22. The molecule has 0 fully saturated rings. The van der Waals surface area contributed by atoms with Crippen LogP contribution in [-0.4, -0.2) is 0 Å². The summed E-state index contributed by atoms with van der Waals surface area (Å²) in [5.74, 6) is 0. The highest BCUT2D eigenvalue weighted by Crippen LogP contribution is 2.58. The van der Waals surface area contributed by atoms with E-state index in [9.17, 15) is 0 Å². The summed E-state index contributed by atoms with van der Waals surface area (Å²) < 4.78 is 0. The minimum atomic E-state index is -0.147. The van der Waals surface area contributed by atoms with Gasteiger partial charge in [-0.2, -0.15) is 0 Å². The summed E-state index contributed by atoms with van der Waals surface area (Å²) >= 11 is 0. The second-order valence-electron chi connectivity index (χ2n) is 12.9. The molecule has 2 aliphatic rings. The Bertz CT molecular complexity index is 2170. The maximum Gasteiger partial charge on any atom is 0.0467 e. The van der Waals surface area contributed by atoms with Crippen molar-refractivity contribution in [1.29, 1.82) is 0 Å². The zero-order valence-electron chi connectivity index (χ0n) is 26.3. The van der Waals surface area contributed by atoms with Crippen LogP contribution in [0.1, 0.15) is 35.1 Å². The van der Waals surface area contributed by atoms with Gasteiger partial charge in [0.2, 0.25) is 0 Å². The molecule has 0 saturated heterocycles. The average Bonchev–Trinajstić information content (AvgIpc) is 3.43. The number of hydrogen-bond acceptors (Lipinski definition) is 1. The molecule has 224 valence electrons. The van der Waals surface area contributed by atoms with E-state index in [1.54, 1.807) is 0 Å². The summed E-state index contributed by atoms with van der Waals surface area (Å²) in [6, 6.07) is 64.8. The van der Waals surface area contributed by atoms with Crippen LogP contribution in [0, 0.1) is 0 Å². The van der Waals surface area contributed by atoms with Gasteiger partial charge >= 0.3 is 0 Å². The number of aryl methyl sites for hydroxylation is 1. The Morgan fingerprint density at radius 3 is 1.60 bits per heavy atom. The van der Waals surface area contributed by atoms with E-state index in [-0.39, 0.29) is 5.41 Å². The van der Waals surface area contributed by atoms with E-state index in [1.807, 2.05) is 0 Å². The number of rotatable bonds is 5. The third kappa shape index (κ3) is 4.54. The van der Waals surface area contributed by atoms with Crippen LogP contribution >= 0.6 is 0 Å². The first-order chi connectivity index (χ1) is 23.3. The first-order valence-corrected chi connectivity index (χ1v) is 16.7. The van der Waals surface area contributed by atoms with Crippen molar-refractivity contribution in [2.24, 2.45) is 0 Å². The lowest BCUT2D eigenvalue weighted by Gasteiger charge is -2.39. The van der Waals surface area contributed by atoms with Gasteiger partial charge in [-0.1, -0.05) is 140 Å². The lowest BCUT2D eigenvalue weighted by Crippen LogP contribution is -2.32. The Morgan fingerprint density at radius 1 is 0.383 bits per heavy atom. The molecule has 0 bridgehead atoms. The molecule has 1 heteroatoms. The Hall–Kier alpha value is -5.66. The predicted molar refractivity (Wildman–Crippen MR) is 197 cm³/mol. The molecular weight excluding hydrogens is 567 g/mol. The molecule has 0 saturated carbocycles. The first-order valence-electron chi connectivity index (χ1n) is 16.7. The summed E-state index contributed by atoms with van der Waals surface area (Å²) in [5, 5.41) is 0. The molecule has 0 aromatic heterocycles. The molecule has 9 rings (SSSR count). The molecule has 0 heterocycles. The molecular formula is C46H35N. The van der Waals surface area contributed by atoms with Crippen molar-refractivity contribution in [2.45, 2.75) is 24.7 Å². The van der Waals surface area contributed by atoms with Crippen LogP contribution in [0.2, 0.25) is 0 Å². The summed E-state index contributed by atoms with van der Waals surface area (Å²) in [5.41, 5.74) is 16.8. The normalized spacial score (nSPS) is 13.9. The number of hydrogen-bond donors (Lipinski definition) is 0. The first kappa shape index (κ1) is 27.6. The number of benzene rings is 7.